The molecule has 0 unspecified atom stereocenters. The van der Waals surface area contributed by atoms with Crippen molar-refractivity contribution >= 4 is 29.2 Å². The lowest BCUT2D eigenvalue weighted by Crippen LogP contribution is -2.29. The molecule has 0 saturated carbocycles. The van der Waals surface area contributed by atoms with Crippen LogP contribution in [0.3, 0.4) is 0 Å². The summed E-state index contributed by atoms with van der Waals surface area (Å²) in [7, 11) is 0. The smallest absolute Gasteiger partial charge is 0.118 e. The van der Waals surface area contributed by atoms with Crippen molar-refractivity contribution in [2.45, 2.75) is 27.2 Å². The minimum absolute atomic E-state index is 0.627. The van der Waals surface area contributed by atoms with Gasteiger partial charge in [0.15, 0.2) is 0 Å². The number of amidine groups is 1. The van der Waals surface area contributed by atoms with Gasteiger partial charge in [-0.05, 0) is 56.2 Å². The predicted octanol–water partition coefficient (Wildman–Crippen LogP) is 7.08. The first-order chi connectivity index (χ1) is 14.1. The second-order valence-corrected chi connectivity index (χ2v) is 7.05. The quantitative estimate of drug-likeness (QED) is 0.254. The Labute approximate surface area is 173 Å². The number of para-hydroxylation sites is 2. The molecule has 29 heavy (non-hydrogen) atoms. The van der Waals surface area contributed by atoms with Crippen LogP contribution in [0.1, 0.15) is 23.1 Å². The number of benzene rings is 3. The molecule has 0 heterocycles. The molecule has 0 aromatic heterocycles. The maximum atomic E-state index is 5.06. The molecular formula is C26H27N3. The predicted molar refractivity (Wildman–Crippen MR) is 126 cm³/mol. The summed E-state index contributed by atoms with van der Waals surface area (Å²) < 4.78 is 0. The lowest BCUT2D eigenvalue weighted by molar-refractivity contribution is 1.24. The van der Waals surface area contributed by atoms with Crippen LogP contribution in [-0.2, 0) is 0 Å². The van der Waals surface area contributed by atoms with Crippen molar-refractivity contribution in [1.82, 2.24) is 0 Å². The van der Waals surface area contributed by atoms with Crippen LogP contribution < -0.4 is 4.90 Å². The van der Waals surface area contributed by atoms with Gasteiger partial charge in [0.05, 0.1) is 11.4 Å². The Morgan fingerprint density at radius 3 is 2.07 bits per heavy atom. The molecule has 0 fully saturated rings. The molecule has 3 rings (SSSR count). The average Bonchev–Trinajstić information content (AvgIpc) is 2.72. The van der Waals surface area contributed by atoms with Gasteiger partial charge in [-0.2, -0.15) is 0 Å². The molecule has 3 aromatic carbocycles. The Morgan fingerprint density at radius 2 is 1.48 bits per heavy atom. The number of rotatable bonds is 6. The lowest BCUT2D eigenvalue weighted by atomic mass is 10.1. The Hall–Kier alpha value is -3.46. The third kappa shape index (κ3) is 5.29. The van der Waals surface area contributed by atoms with E-state index in [-0.39, 0.29) is 0 Å². The number of hydrogen-bond donors (Lipinski definition) is 0. The van der Waals surface area contributed by atoms with Crippen LogP contribution in [0, 0.1) is 20.8 Å². The SMILES string of the molecule is C=CCC(=Nc1c(C)cc(C)cc1C)N(C=Nc1ccccc1)c1ccccc1. The Balaban J connectivity index is 2.10. The van der Waals surface area contributed by atoms with Crippen LogP contribution in [-0.4, -0.2) is 12.2 Å². The van der Waals surface area contributed by atoms with E-state index in [1.54, 1.807) is 0 Å². The van der Waals surface area contributed by atoms with Crippen molar-refractivity contribution < 1.29 is 0 Å². The third-order valence-electron chi connectivity index (χ3n) is 4.59. The molecule has 146 valence electrons. The van der Waals surface area contributed by atoms with E-state index < -0.39 is 0 Å². The van der Waals surface area contributed by atoms with Gasteiger partial charge in [-0.1, -0.05) is 60.2 Å². The minimum atomic E-state index is 0.627. The van der Waals surface area contributed by atoms with Gasteiger partial charge in [0, 0.05) is 12.1 Å². The van der Waals surface area contributed by atoms with Crippen molar-refractivity contribution in [3.05, 3.63) is 102 Å². The van der Waals surface area contributed by atoms with Gasteiger partial charge >= 0.3 is 0 Å². The van der Waals surface area contributed by atoms with E-state index in [2.05, 4.69) is 56.6 Å². The summed E-state index contributed by atoms with van der Waals surface area (Å²) in [5.74, 6) is 0.876. The van der Waals surface area contributed by atoms with Crippen molar-refractivity contribution in [3.8, 4) is 0 Å². The van der Waals surface area contributed by atoms with Crippen LogP contribution in [0.15, 0.2) is 95.4 Å². The van der Waals surface area contributed by atoms with Gasteiger partial charge in [0.1, 0.15) is 12.2 Å². The number of aryl methyl sites for hydroxylation is 3. The Kier molecular flexibility index (Phi) is 6.75. The number of nitrogens with zero attached hydrogens (tertiary/aromatic N) is 3. The topological polar surface area (TPSA) is 28.0 Å². The zero-order valence-corrected chi connectivity index (χ0v) is 17.3. The summed E-state index contributed by atoms with van der Waals surface area (Å²) in [4.78, 5) is 11.8. The summed E-state index contributed by atoms with van der Waals surface area (Å²) in [6.07, 6.45) is 4.35. The standard InChI is InChI=1S/C26H27N3/c1-5-12-25(28-26-21(3)17-20(2)18-22(26)4)29(24-15-10-7-11-16-24)19-27-23-13-8-6-9-14-23/h5-11,13-19H,1,12H2,2-4H3. The van der Waals surface area contributed by atoms with Crippen LogP contribution in [0.4, 0.5) is 17.1 Å². The molecule has 0 atom stereocenters. The second kappa shape index (κ2) is 9.65. The molecule has 0 aliphatic carbocycles. The minimum Gasteiger partial charge on any atom is -0.288 e. The Morgan fingerprint density at radius 1 is 0.897 bits per heavy atom. The summed E-state index contributed by atoms with van der Waals surface area (Å²) in [6, 6.07) is 24.4. The molecule has 0 aliphatic rings. The molecule has 3 nitrogen and oxygen atoms in total. The zero-order valence-electron chi connectivity index (χ0n) is 17.3. The fourth-order valence-electron chi connectivity index (χ4n) is 3.31. The zero-order chi connectivity index (χ0) is 20.6. The van der Waals surface area contributed by atoms with Crippen LogP contribution >= 0.6 is 0 Å². The highest BCUT2D eigenvalue weighted by Crippen LogP contribution is 2.27. The van der Waals surface area contributed by atoms with Crippen LogP contribution in [0.25, 0.3) is 0 Å². The molecule has 0 aliphatic heterocycles. The van der Waals surface area contributed by atoms with Gasteiger partial charge in [0.25, 0.3) is 0 Å². The number of aliphatic imine (C=N–C) groups is 2. The Bertz CT molecular complexity index is 995. The van der Waals surface area contributed by atoms with Gasteiger partial charge < -0.3 is 0 Å². The summed E-state index contributed by atoms with van der Waals surface area (Å²) in [5, 5.41) is 0. The van der Waals surface area contributed by atoms with Crippen molar-refractivity contribution in [2.75, 3.05) is 4.90 Å². The highest BCUT2D eigenvalue weighted by atomic mass is 15.2. The van der Waals surface area contributed by atoms with E-state index in [0.717, 1.165) is 34.0 Å². The summed E-state index contributed by atoms with van der Waals surface area (Å²) in [6.45, 7) is 10.3. The molecule has 0 saturated heterocycles. The fraction of sp³-hybridized carbons (Fsp3) is 0.154. The molecular weight excluding hydrogens is 354 g/mol. The molecule has 0 amide bonds. The second-order valence-electron chi connectivity index (χ2n) is 7.05. The number of hydrogen-bond acceptors (Lipinski definition) is 2. The summed E-state index contributed by atoms with van der Waals surface area (Å²) >= 11 is 0. The fourth-order valence-corrected chi connectivity index (χ4v) is 3.31. The van der Waals surface area contributed by atoms with E-state index in [4.69, 9.17) is 4.99 Å². The molecule has 3 aromatic rings. The average molecular weight is 382 g/mol. The van der Waals surface area contributed by atoms with E-state index in [0.29, 0.717) is 6.42 Å². The molecule has 3 heteroatoms. The highest BCUT2D eigenvalue weighted by molar-refractivity contribution is 6.13. The first kappa shape index (κ1) is 20.3. The van der Waals surface area contributed by atoms with E-state index in [1.807, 2.05) is 65.8 Å². The van der Waals surface area contributed by atoms with Crippen LogP contribution in [0.5, 0.6) is 0 Å². The van der Waals surface area contributed by atoms with E-state index >= 15 is 0 Å². The monoisotopic (exact) mass is 381 g/mol. The molecule has 0 bridgehead atoms. The molecule has 0 radical (unpaired) electrons. The van der Waals surface area contributed by atoms with Crippen LogP contribution in [0.2, 0.25) is 0 Å². The number of anilines is 1. The maximum absolute atomic E-state index is 5.06. The summed E-state index contributed by atoms with van der Waals surface area (Å²) in [5.41, 5.74) is 6.48. The van der Waals surface area contributed by atoms with Gasteiger partial charge in [0.2, 0.25) is 0 Å². The lowest BCUT2D eigenvalue weighted by Gasteiger charge is -2.22. The van der Waals surface area contributed by atoms with Gasteiger partial charge in [-0.25, -0.2) is 9.98 Å². The highest BCUT2D eigenvalue weighted by Gasteiger charge is 2.13. The van der Waals surface area contributed by atoms with E-state index in [1.165, 1.54) is 5.56 Å². The van der Waals surface area contributed by atoms with Crippen molar-refractivity contribution in [1.29, 1.82) is 0 Å². The largest absolute Gasteiger partial charge is 0.288 e. The first-order valence-corrected chi connectivity index (χ1v) is 9.78. The van der Waals surface area contributed by atoms with Crippen molar-refractivity contribution in [3.63, 3.8) is 0 Å². The first-order valence-electron chi connectivity index (χ1n) is 9.78. The molecule has 0 N–H and O–H groups in total. The molecule has 0 spiro atoms. The van der Waals surface area contributed by atoms with Crippen molar-refractivity contribution in [2.24, 2.45) is 9.98 Å². The normalized spacial score (nSPS) is 11.6. The third-order valence-corrected chi connectivity index (χ3v) is 4.59. The maximum Gasteiger partial charge on any atom is 0.118 e. The van der Waals surface area contributed by atoms with E-state index in [9.17, 15) is 0 Å². The van der Waals surface area contributed by atoms with Gasteiger partial charge in [-0.15, -0.1) is 6.58 Å². The van der Waals surface area contributed by atoms with Gasteiger partial charge in [-0.3, -0.25) is 4.90 Å².